The summed E-state index contributed by atoms with van der Waals surface area (Å²) in [5, 5.41) is 8.72. The highest BCUT2D eigenvalue weighted by atomic mass is 32.2. The minimum atomic E-state index is -3.62. The summed E-state index contributed by atoms with van der Waals surface area (Å²) >= 11 is 0. The van der Waals surface area contributed by atoms with Gasteiger partial charge in [-0.2, -0.15) is 4.31 Å². The van der Waals surface area contributed by atoms with Gasteiger partial charge < -0.3 is 10.8 Å². The number of sulfonamides is 1. The lowest BCUT2D eigenvalue weighted by atomic mass is 10.4. The second-order valence-corrected chi connectivity index (χ2v) is 5.03. The Bertz CT molecular complexity index is 430. The van der Waals surface area contributed by atoms with Crippen molar-refractivity contribution in [1.82, 2.24) is 9.29 Å². The summed E-state index contributed by atoms with van der Waals surface area (Å²) < 4.78 is 25.1. The van der Waals surface area contributed by atoms with Gasteiger partial charge in [-0.1, -0.05) is 6.92 Å². The molecule has 3 N–H and O–H groups in total. The Balaban J connectivity index is 3.04. The number of aliphatic hydroxyl groups is 1. The summed E-state index contributed by atoms with van der Waals surface area (Å²) in [6.07, 6.45) is 1.29. The van der Waals surface area contributed by atoms with Crippen LogP contribution < -0.4 is 5.73 Å². The molecule has 0 bridgehead atoms. The molecule has 1 rings (SSSR count). The molecule has 0 spiro atoms. The van der Waals surface area contributed by atoms with E-state index in [0.717, 1.165) is 4.31 Å². The van der Waals surface area contributed by atoms with E-state index in [-0.39, 0.29) is 24.7 Å². The lowest BCUT2D eigenvalue weighted by Crippen LogP contribution is -2.33. The van der Waals surface area contributed by atoms with Gasteiger partial charge in [-0.3, -0.25) is 0 Å². The number of anilines is 1. The topological polar surface area (TPSA) is 96.5 Å². The molecular weight excluding hydrogens is 230 g/mol. The summed E-state index contributed by atoms with van der Waals surface area (Å²) in [4.78, 5) is 3.76. The number of likely N-dealkylation sites (N-methyl/N-ethyl adjacent to an activating group) is 1. The van der Waals surface area contributed by atoms with Gasteiger partial charge in [-0.05, 0) is 12.1 Å². The van der Waals surface area contributed by atoms with E-state index >= 15 is 0 Å². The highest BCUT2D eigenvalue weighted by Gasteiger charge is 2.23. The van der Waals surface area contributed by atoms with E-state index in [1.165, 1.54) is 18.3 Å². The maximum absolute atomic E-state index is 12.0. The Hall–Kier alpha value is -1.18. The quantitative estimate of drug-likeness (QED) is 0.740. The van der Waals surface area contributed by atoms with Crippen molar-refractivity contribution in [2.24, 2.45) is 0 Å². The number of rotatable bonds is 5. The second-order valence-electron chi connectivity index (χ2n) is 3.15. The first-order chi connectivity index (χ1) is 7.52. The Morgan fingerprint density at radius 3 is 2.62 bits per heavy atom. The second kappa shape index (κ2) is 5.24. The summed E-state index contributed by atoms with van der Waals surface area (Å²) in [5.41, 5.74) is 5.83. The number of aromatic nitrogens is 1. The first-order valence-electron chi connectivity index (χ1n) is 4.85. The van der Waals surface area contributed by atoms with E-state index in [2.05, 4.69) is 4.98 Å². The fourth-order valence-corrected chi connectivity index (χ4v) is 2.59. The average Bonchev–Trinajstić information content (AvgIpc) is 2.26. The molecule has 1 aromatic heterocycles. The molecule has 0 saturated heterocycles. The van der Waals surface area contributed by atoms with Crippen LogP contribution >= 0.6 is 0 Å². The van der Waals surface area contributed by atoms with Crippen molar-refractivity contribution in [2.75, 3.05) is 25.4 Å². The lowest BCUT2D eigenvalue weighted by molar-refractivity contribution is 0.257. The normalized spacial score (nSPS) is 11.9. The van der Waals surface area contributed by atoms with Gasteiger partial charge in [-0.25, -0.2) is 13.4 Å². The van der Waals surface area contributed by atoms with Crippen LogP contribution in [-0.4, -0.2) is 42.5 Å². The number of pyridine rings is 1. The van der Waals surface area contributed by atoms with E-state index in [1.807, 2.05) is 0 Å². The van der Waals surface area contributed by atoms with Crippen LogP contribution in [0.1, 0.15) is 6.92 Å². The number of nitrogens with two attached hydrogens (primary N) is 1. The van der Waals surface area contributed by atoms with E-state index in [9.17, 15) is 8.42 Å². The van der Waals surface area contributed by atoms with Crippen molar-refractivity contribution < 1.29 is 13.5 Å². The molecule has 0 fully saturated rings. The molecule has 0 aliphatic heterocycles. The van der Waals surface area contributed by atoms with Crippen molar-refractivity contribution in [2.45, 2.75) is 11.9 Å². The van der Waals surface area contributed by atoms with Crippen LogP contribution in [0.2, 0.25) is 0 Å². The molecular formula is C9H15N3O3S. The molecule has 1 aromatic rings. The fourth-order valence-electron chi connectivity index (χ4n) is 1.24. The van der Waals surface area contributed by atoms with Crippen LogP contribution in [0.25, 0.3) is 0 Å². The van der Waals surface area contributed by atoms with Crippen LogP contribution in [0.5, 0.6) is 0 Å². The third-order valence-electron chi connectivity index (χ3n) is 2.07. The Labute approximate surface area is 94.8 Å². The zero-order valence-electron chi connectivity index (χ0n) is 9.00. The summed E-state index contributed by atoms with van der Waals surface area (Å²) in [5.74, 6) is 0. The minimum absolute atomic E-state index is 0.0583. The number of nitrogen functional groups attached to an aromatic ring is 1. The average molecular weight is 245 g/mol. The van der Waals surface area contributed by atoms with Crippen molar-refractivity contribution in [3.8, 4) is 0 Å². The smallest absolute Gasteiger partial charge is 0.260 e. The van der Waals surface area contributed by atoms with E-state index in [4.69, 9.17) is 10.8 Å². The van der Waals surface area contributed by atoms with Crippen molar-refractivity contribution >= 4 is 15.7 Å². The zero-order chi connectivity index (χ0) is 12.2. The molecule has 0 radical (unpaired) electrons. The molecule has 90 valence electrons. The number of hydrogen-bond acceptors (Lipinski definition) is 5. The van der Waals surface area contributed by atoms with Crippen LogP contribution in [-0.2, 0) is 10.0 Å². The molecule has 0 aromatic carbocycles. The maximum Gasteiger partial charge on any atom is 0.260 e. The first-order valence-corrected chi connectivity index (χ1v) is 6.29. The fraction of sp³-hybridized carbons (Fsp3) is 0.444. The highest BCUT2D eigenvalue weighted by Crippen LogP contribution is 2.13. The molecule has 0 saturated carbocycles. The van der Waals surface area contributed by atoms with Crippen LogP contribution in [0, 0.1) is 0 Å². The monoisotopic (exact) mass is 245 g/mol. The van der Waals surface area contributed by atoms with Gasteiger partial charge >= 0.3 is 0 Å². The van der Waals surface area contributed by atoms with Gasteiger partial charge in [0.2, 0.25) is 0 Å². The maximum atomic E-state index is 12.0. The van der Waals surface area contributed by atoms with Gasteiger partial charge in [0.1, 0.15) is 0 Å². The highest BCUT2D eigenvalue weighted by molar-refractivity contribution is 7.89. The van der Waals surface area contributed by atoms with Crippen LogP contribution in [0.3, 0.4) is 0 Å². The molecule has 7 heteroatoms. The molecule has 0 amide bonds. The molecule has 0 aliphatic rings. The Morgan fingerprint density at radius 1 is 1.50 bits per heavy atom. The molecule has 1 heterocycles. The minimum Gasteiger partial charge on any atom is -0.397 e. The van der Waals surface area contributed by atoms with Gasteiger partial charge in [0.15, 0.2) is 5.03 Å². The van der Waals surface area contributed by atoms with Crippen molar-refractivity contribution in [3.63, 3.8) is 0 Å². The van der Waals surface area contributed by atoms with Crippen molar-refractivity contribution in [3.05, 3.63) is 18.3 Å². The SMILES string of the molecule is CCN(CCO)S(=O)(=O)c1ccc(N)cn1. The predicted octanol–water partition coefficient (Wildman–Crippen LogP) is -0.333. The Kier molecular flexibility index (Phi) is 4.22. The van der Waals surface area contributed by atoms with Gasteiger partial charge in [-0.15, -0.1) is 0 Å². The number of aliphatic hydroxyl groups excluding tert-OH is 1. The number of hydrogen-bond donors (Lipinski definition) is 2. The molecule has 16 heavy (non-hydrogen) atoms. The predicted molar refractivity (Wildman–Crippen MR) is 60.2 cm³/mol. The van der Waals surface area contributed by atoms with E-state index in [1.54, 1.807) is 6.92 Å². The third-order valence-corrected chi connectivity index (χ3v) is 3.96. The molecule has 6 nitrogen and oxygen atoms in total. The molecule has 0 aliphatic carbocycles. The van der Waals surface area contributed by atoms with Gasteiger partial charge in [0, 0.05) is 13.1 Å². The molecule has 0 unspecified atom stereocenters. The summed E-state index contributed by atoms with van der Waals surface area (Å²) in [6, 6.07) is 2.83. The van der Waals surface area contributed by atoms with Gasteiger partial charge in [0.05, 0.1) is 18.5 Å². The molecule has 0 atom stereocenters. The first kappa shape index (κ1) is 12.9. The summed E-state index contributed by atoms with van der Waals surface area (Å²) in [6.45, 7) is 1.83. The lowest BCUT2D eigenvalue weighted by Gasteiger charge is -2.18. The van der Waals surface area contributed by atoms with Gasteiger partial charge in [0.25, 0.3) is 10.0 Å². The van der Waals surface area contributed by atoms with Crippen LogP contribution in [0.15, 0.2) is 23.4 Å². The van der Waals surface area contributed by atoms with E-state index in [0.29, 0.717) is 5.69 Å². The zero-order valence-corrected chi connectivity index (χ0v) is 9.81. The van der Waals surface area contributed by atoms with E-state index < -0.39 is 10.0 Å². The Morgan fingerprint density at radius 2 is 2.19 bits per heavy atom. The number of nitrogens with zero attached hydrogens (tertiary/aromatic N) is 2. The van der Waals surface area contributed by atoms with Crippen molar-refractivity contribution in [1.29, 1.82) is 0 Å². The summed E-state index contributed by atoms with van der Waals surface area (Å²) in [7, 11) is -3.62. The van der Waals surface area contributed by atoms with Crippen LogP contribution in [0.4, 0.5) is 5.69 Å². The third kappa shape index (κ3) is 2.69. The standard InChI is InChI=1S/C9H15N3O3S/c1-2-12(5-6-13)16(14,15)9-4-3-8(10)7-11-9/h3-4,7,13H,2,5-6,10H2,1H3. The largest absolute Gasteiger partial charge is 0.397 e.